The highest BCUT2D eigenvalue weighted by Crippen LogP contribution is 2.33. The average Bonchev–Trinajstić information content (AvgIpc) is 3.00. The summed E-state index contributed by atoms with van der Waals surface area (Å²) in [6, 6.07) is 18.3. The first-order valence-corrected chi connectivity index (χ1v) is 8.40. The molecule has 0 bridgehead atoms. The molecule has 2 aromatic carbocycles. The van der Waals surface area contributed by atoms with Gasteiger partial charge in [0.2, 0.25) is 0 Å². The molecule has 0 aliphatic carbocycles. The van der Waals surface area contributed by atoms with Gasteiger partial charge in [0.05, 0.1) is 12.1 Å². The van der Waals surface area contributed by atoms with Crippen LogP contribution in [0.25, 0.3) is 16.9 Å². The number of rotatable bonds is 4. The summed E-state index contributed by atoms with van der Waals surface area (Å²) < 4.78 is 7.18. The molecule has 2 N–H and O–H groups in total. The van der Waals surface area contributed by atoms with Crippen LogP contribution in [-0.4, -0.2) is 21.6 Å². The van der Waals surface area contributed by atoms with E-state index in [0.29, 0.717) is 10.7 Å². The lowest BCUT2D eigenvalue weighted by Gasteiger charge is -2.10. The minimum Gasteiger partial charge on any atom is -0.508 e. The fourth-order valence-corrected chi connectivity index (χ4v) is 2.99. The van der Waals surface area contributed by atoms with E-state index in [-0.39, 0.29) is 5.75 Å². The predicted molar refractivity (Wildman–Crippen MR) is 104 cm³/mol. The van der Waals surface area contributed by atoms with Crippen LogP contribution < -0.4 is 10.1 Å². The molecule has 5 nitrogen and oxygen atoms in total. The van der Waals surface area contributed by atoms with E-state index in [1.807, 2.05) is 40.8 Å². The largest absolute Gasteiger partial charge is 0.508 e. The van der Waals surface area contributed by atoms with Crippen molar-refractivity contribution in [2.75, 3.05) is 12.4 Å². The van der Waals surface area contributed by atoms with Crippen molar-refractivity contribution in [1.82, 2.24) is 9.38 Å². The number of hydrogen-bond donors (Lipinski definition) is 2. The molecule has 4 rings (SSSR count). The smallest absolute Gasteiger partial charge is 0.143 e. The summed E-state index contributed by atoms with van der Waals surface area (Å²) in [6.07, 6.45) is 1.80. The lowest BCUT2D eigenvalue weighted by Crippen LogP contribution is -1.97. The van der Waals surface area contributed by atoms with Gasteiger partial charge in [0, 0.05) is 23.5 Å². The molecule has 0 unspecified atom stereocenters. The van der Waals surface area contributed by atoms with Crippen molar-refractivity contribution in [3.8, 4) is 22.8 Å². The SMILES string of the molecule is COc1cccc(Nc2c(-c3cccc(O)c3)nc3ccc(Cl)cn23)c1. The zero-order chi connectivity index (χ0) is 18.1. The van der Waals surface area contributed by atoms with Gasteiger partial charge in [0.15, 0.2) is 0 Å². The Hall–Kier alpha value is -3.18. The molecule has 6 heteroatoms. The molecule has 0 saturated carbocycles. The van der Waals surface area contributed by atoms with Crippen molar-refractivity contribution < 1.29 is 9.84 Å². The van der Waals surface area contributed by atoms with E-state index in [9.17, 15) is 5.11 Å². The minimum absolute atomic E-state index is 0.185. The zero-order valence-electron chi connectivity index (χ0n) is 14.0. The van der Waals surface area contributed by atoms with Gasteiger partial charge in [0.25, 0.3) is 0 Å². The number of aromatic nitrogens is 2. The summed E-state index contributed by atoms with van der Waals surface area (Å²) >= 11 is 6.19. The number of fused-ring (bicyclic) bond motifs is 1. The number of methoxy groups -OCH3 is 1. The molecular weight excluding hydrogens is 350 g/mol. The second-order valence-corrected chi connectivity index (χ2v) is 6.23. The van der Waals surface area contributed by atoms with Crippen LogP contribution in [0.4, 0.5) is 11.5 Å². The van der Waals surface area contributed by atoms with Gasteiger partial charge in [0.1, 0.15) is 28.7 Å². The molecule has 2 aromatic heterocycles. The first-order chi connectivity index (χ1) is 12.6. The molecule has 26 heavy (non-hydrogen) atoms. The van der Waals surface area contributed by atoms with Crippen molar-refractivity contribution in [2.24, 2.45) is 0 Å². The van der Waals surface area contributed by atoms with Gasteiger partial charge in [-0.2, -0.15) is 0 Å². The van der Waals surface area contributed by atoms with E-state index in [1.54, 1.807) is 37.6 Å². The number of phenolic OH excluding ortho intramolecular Hbond substituents is 1. The third-order valence-corrected chi connectivity index (χ3v) is 4.26. The lowest BCUT2D eigenvalue weighted by molar-refractivity contribution is 0.415. The molecule has 130 valence electrons. The van der Waals surface area contributed by atoms with Gasteiger partial charge in [-0.1, -0.05) is 29.8 Å². The molecule has 0 amide bonds. The molecule has 4 aromatic rings. The summed E-state index contributed by atoms with van der Waals surface area (Å²) in [5, 5.41) is 13.8. The highest BCUT2D eigenvalue weighted by atomic mass is 35.5. The summed E-state index contributed by atoms with van der Waals surface area (Å²) in [6.45, 7) is 0. The Morgan fingerprint density at radius 3 is 2.73 bits per heavy atom. The minimum atomic E-state index is 0.185. The number of anilines is 2. The second kappa shape index (κ2) is 6.61. The van der Waals surface area contributed by atoms with Crippen LogP contribution >= 0.6 is 11.6 Å². The van der Waals surface area contributed by atoms with Gasteiger partial charge in [-0.25, -0.2) is 4.98 Å². The molecule has 0 spiro atoms. The number of aromatic hydroxyl groups is 1. The fourth-order valence-electron chi connectivity index (χ4n) is 2.83. The number of pyridine rings is 1. The van der Waals surface area contributed by atoms with E-state index in [4.69, 9.17) is 21.3 Å². The van der Waals surface area contributed by atoms with E-state index in [1.165, 1.54) is 0 Å². The Morgan fingerprint density at radius 1 is 1.08 bits per heavy atom. The maximum atomic E-state index is 9.85. The quantitative estimate of drug-likeness (QED) is 0.527. The van der Waals surface area contributed by atoms with Crippen molar-refractivity contribution in [3.63, 3.8) is 0 Å². The van der Waals surface area contributed by atoms with Gasteiger partial charge >= 0.3 is 0 Å². The Labute approximate surface area is 155 Å². The lowest BCUT2D eigenvalue weighted by atomic mass is 10.1. The van der Waals surface area contributed by atoms with Crippen molar-refractivity contribution in [2.45, 2.75) is 0 Å². The van der Waals surface area contributed by atoms with E-state index >= 15 is 0 Å². The Balaban J connectivity index is 1.90. The Kier molecular flexibility index (Phi) is 4.14. The average molecular weight is 366 g/mol. The van der Waals surface area contributed by atoms with Crippen LogP contribution in [-0.2, 0) is 0 Å². The maximum absolute atomic E-state index is 9.85. The Bertz CT molecular complexity index is 1090. The molecular formula is C20H16ClN3O2. The first kappa shape index (κ1) is 16.3. The maximum Gasteiger partial charge on any atom is 0.143 e. The first-order valence-electron chi connectivity index (χ1n) is 8.02. The molecule has 0 radical (unpaired) electrons. The number of imidazole rings is 1. The molecule has 0 aliphatic heterocycles. The summed E-state index contributed by atoms with van der Waals surface area (Å²) in [5.74, 6) is 1.69. The highest BCUT2D eigenvalue weighted by Gasteiger charge is 2.15. The molecule has 0 saturated heterocycles. The number of nitrogens with one attached hydrogen (secondary N) is 1. The zero-order valence-corrected chi connectivity index (χ0v) is 14.7. The third-order valence-electron chi connectivity index (χ3n) is 4.03. The predicted octanol–water partition coefficient (Wildman–Crippen LogP) is 5.11. The second-order valence-electron chi connectivity index (χ2n) is 5.79. The number of hydrogen-bond acceptors (Lipinski definition) is 4. The van der Waals surface area contributed by atoms with Gasteiger partial charge in [-0.05, 0) is 36.4 Å². The molecule has 2 heterocycles. The highest BCUT2D eigenvalue weighted by molar-refractivity contribution is 6.30. The van der Waals surface area contributed by atoms with Gasteiger partial charge < -0.3 is 15.2 Å². The summed E-state index contributed by atoms with van der Waals surface area (Å²) in [4.78, 5) is 4.70. The number of benzene rings is 2. The van der Waals surface area contributed by atoms with Crippen molar-refractivity contribution in [3.05, 3.63) is 71.9 Å². The van der Waals surface area contributed by atoms with Gasteiger partial charge in [-0.3, -0.25) is 4.40 Å². The van der Waals surface area contributed by atoms with Crippen LogP contribution in [0.15, 0.2) is 66.9 Å². The standard InChI is InChI=1S/C20H16ClN3O2/c1-26-17-7-3-5-15(11-17)22-20-19(13-4-2-6-16(25)10-13)23-18-9-8-14(21)12-24(18)20/h2-12,22,25H,1H3. The van der Waals surface area contributed by atoms with Crippen LogP contribution in [0, 0.1) is 0 Å². The summed E-state index contributed by atoms with van der Waals surface area (Å²) in [5.41, 5.74) is 3.12. The number of halogens is 1. The number of ether oxygens (including phenoxy) is 1. The van der Waals surface area contributed by atoms with E-state index < -0.39 is 0 Å². The molecule has 0 fully saturated rings. The topological polar surface area (TPSA) is 58.8 Å². The fraction of sp³-hybridized carbons (Fsp3) is 0.0500. The van der Waals surface area contributed by atoms with Crippen LogP contribution in [0.5, 0.6) is 11.5 Å². The monoisotopic (exact) mass is 365 g/mol. The third kappa shape index (κ3) is 3.05. The van der Waals surface area contributed by atoms with Crippen LogP contribution in [0.3, 0.4) is 0 Å². The van der Waals surface area contributed by atoms with Gasteiger partial charge in [-0.15, -0.1) is 0 Å². The normalized spacial score (nSPS) is 10.8. The van der Waals surface area contributed by atoms with Crippen LogP contribution in [0.2, 0.25) is 5.02 Å². The molecule has 0 atom stereocenters. The van der Waals surface area contributed by atoms with Crippen LogP contribution in [0.1, 0.15) is 0 Å². The Morgan fingerprint density at radius 2 is 1.92 bits per heavy atom. The summed E-state index contributed by atoms with van der Waals surface area (Å²) in [7, 11) is 1.63. The van der Waals surface area contributed by atoms with E-state index in [0.717, 1.165) is 28.5 Å². The van der Waals surface area contributed by atoms with E-state index in [2.05, 4.69) is 5.32 Å². The number of nitrogens with zero attached hydrogens (tertiary/aromatic N) is 2. The van der Waals surface area contributed by atoms with Crippen molar-refractivity contribution in [1.29, 1.82) is 0 Å². The van der Waals surface area contributed by atoms with Crippen molar-refractivity contribution >= 4 is 28.8 Å². The number of phenols is 1. The molecule has 0 aliphatic rings.